The first-order chi connectivity index (χ1) is 6.58. The van der Waals surface area contributed by atoms with Crippen LogP contribution in [0.5, 0.6) is 0 Å². The van der Waals surface area contributed by atoms with Crippen molar-refractivity contribution < 1.29 is 9.53 Å². The third kappa shape index (κ3) is 3.92. The normalized spacial score (nSPS) is 10.3. The third-order valence-electron chi connectivity index (χ3n) is 1.60. The number of carbonyl (C=O) groups is 1. The maximum atomic E-state index is 11.3. The fourth-order valence-corrected chi connectivity index (χ4v) is 1.56. The Hall–Kier alpha value is -0.830. The van der Waals surface area contributed by atoms with E-state index in [0.29, 0.717) is 6.42 Å². The first-order valence-electron chi connectivity index (χ1n) is 4.52. The maximum Gasteiger partial charge on any atom is 0.310 e. The highest BCUT2D eigenvalue weighted by Gasteiger charge is 2.06. The lowest BCUT2D eigenvalue weighted by molar-refractivity contribution is -0.146. The molecular weight excluding hydrogens is 244 g/mol. The fraction of sp³-hybridized carbons (Fsp3) is 0.364. The van der Waals surface area contributed by atoms with Crippen LogP contribution in [0.25, 0.3) is 0 Å². The summed E-state index contributed by atoms with van der Waals surface area (Å²) in [6, 6.07) is 7.66. The molecule has 1 aromatic carbocycles. The minimum Gasteiger partial charge on any atom is -0.463 e. The van der Waals surface area contributed by atoms with Gasteiger partial charge in [0.25, 0.3) is 0 Å². The van der Waals surface area contributed by atoms with Crippen LogP contribution in [0, 0.1) is 0 Å². The van der Waals surface area contributed by atoms with Crippen LogP contribution in [-0.4, -0.2) is 12.1 Å². The zero-order valence-electron chi connectivity index (χ0n) is 8.29. The number of halogens is 1. The molecule has 0 aliphatic rings. The third-order valence-corrected chi connectivity index (χ3v) is 2.10. The summed E-state index contributed by atoms with van der Waals surface area (Å²) < 4.78 is 6.02. The lowest BCUT2D eigenvalue weighted by Gasteiger charge is -2.07. The van der Waals surface area contributed by atoms with E-state index in [2.05, 4.69) is 15.9 Å². The quantitative estimate of drug-likeness (QED) is 0.778. The Morgan fingerprint density at radius 1 is 1.50 bits per heavy atom. The van der Waals surface area contributed by atoms with Gasteiger partial charge in [0.15, 0.2) is 0 Å². The minimum atomic E-state index is -0.182. The van der Waals surface area contributed by atoms with Crippen LogP contribution in [0.2, 0.25) is 0 Å². The largest absolute Gasteiger partial charge is 0.463 e. The molecule has 14 heavy (non-hydrogen) atoms. The van der Waals surface area contributed by atoms with Crippen LogP contribution in [0.4, 0.5) is 0 Å². The van der Waals surface area contributed by atoms with Gasteiger partial charge < -0.3 is 4.74 Å². The number of benzene rings is 1. The number of hydrogen-bond acceptors (Lipinski definition) is 2. The summed E-state index contributed by atoms with van der Waals surface area (Å²) >= 11 is 3.35. The van der Waals surface area contributed by atoms with Crippen LogP contribution in [0.3, 0.4) is 0 Å². The zero-order chi connectivity index (χ0) is 10.6. The van der Waals surface area contributed by atoms with Gasteiger partial charge in [0.1, 0.15) is 0 Å². The van der Waals surface area contributed by atoms with E-state index in [1.165, 1.54) is 0 Å². The monoisotopic (exact) mass is 256 g/mol. The van der Waals surface area contributed by atoms with Gasteiger partial charge in [0.05, 0.1) is 12.5 Å². The highest BCUT2D eigenvalue weighted by atomic mass is 79.9. The van der Waals surface area contributed by atoms with Gasteiger partial charge >= 0.3 is 5.97 Å². The number of rotatable bonds is 3. The standard InChI is InChI=1S/C11H13BrO2/c1-8(2)14-11(13)7-9-4-3-5-10(12)6-9/h3-6,8H,7H2,1-2H3. The average Bonchev–Trinajstić information content (AvgIpc) is 2.01. The molecule has 76 valence electrons. The summed E-state index contributed by atoms with van der Waals surface area (Å²) in [5, 5.41) is 0. The lowest BCUT2D eigenvalue weighted by Crippen LogP contribution is -2.13. The van der Waals surface area contributed by atoms with Crippen molar-refractivity contribution in [3.8, 4) is 0 Å². The highest BCUT2D eigenvalue weighted by molar-refractivity contribution is 9.10. The van der Waals surface area contributed by atoms with E-state index in [0.717, 1.165) is 10.0 Å². The van der Waals surface area contributed by atoms with E-state index in [-0.39, 0.29) is 12.1 Å². The molecule has 0 saturated heterocycles. The molecular formula is C11H13BrO2. The molecule has 0 N–H and O–H groups in total. The second-order valence-corrected chi connectivity index (χ2v) is 4.26. The van der Waals surface area contributed by atoms with E-state index in [4.69, 9.17) is 4.74 Å². The summed E-state index contributed by atoms with van der Waals surface area (Å²) in [4.78, 5) is 11.3. The van der Waals surface area contributed by atoms with Gasteiger partial charge in [-0.2, -0.15) is 0 Å². The molecule has 0 aliphatic heterocycles. The molecule has 0 amide bonds. The van der Waals surface area contributed by atoms with Crippen molar-refractivity contribution in [1.29, 1.82) is 0 Å². The second-order valence-electron chi connectivity index (χ2n) is 3.35. The van der Waals surface area contributed by atoms with Gasteiger partial charge in [-0.3, -0.25) is 4.79 Å². The van der Waals surface area contributed by atoms with Crippen molar-refractivity contribution in [2.75, 3.05) is 0 Å². The topological polar surface area (TPSA) is 26.3 Å². The van der Waals surface area contributed by atoms with E-state index >= 15 is 0 Å². The summed E-state index contributed by atoms with van der Waals surface area (Å²) in [6.07, 6.45) is 0.284. The van der Waals surface area contributed by atoms with E-state index in [1.807, 2.05) is 38.1 Å². The van der Waals surface area contributed by atoms with Crippen LogP contribution in [0.15, 0.2) is 28.7 Å². The number of carbonyl (C=O) groups excluding carboxylic acids is 1. The van der Waals surface area contributed by atoms with Crippen LogP contribution >= 0.6 is 15.9 Å². The Balaban J connectivity index is 2.56. The minimum absolute atomic E-state index is 0.0466. The van der Waals surface area contributed by atoms with Crippen molar-refractivity contribution in [2.45, 2.75) is 26.4 Å². The fourth-order valence-electron chi connectivity index (χ4n) is 1.12. The summed E-state index contributed by atoms with van der Waals surface area (Å²) in [5.41, 5.74) is 0.963. The van der Waals surface area contributed by atoms with Crippen LogP contribution in [0.1, 0.15) is 19.4 Å². The van der Waals surface area contributed by atoms with Gasteiger partial charge in [0, 0.05) is 4.47 Å². The Bertz CT molecular complexity index is 321. The molecule has 0 aliphatic carbocycles. The first-order valence-corrected chi connectivity index (χ1v) is 5.31. The predicted octanol–water partition coefficient (Wildman–Crippen LogP) is 2.94. The SMILES string of the molecule is CC(C)OC(=O)Cc1cccc(Br)c1. The molecule has 0 aromatic heterocycles. The van der Waals surface area contributed by atoms with E-state index in [9.17, 15) is 4.79 Å². The van der Waals surface area contributed by atoms with Crippen LogP contribution < -0.4 is 0 Å². The number of hydrogen-bond donors (Lipinski definition) is 0. The predicted molar refractivity (Wildman–Crippen MR) is 59.1 cm³/mol. The molecule has 0 heterocycles. The number of ether oxygens (including phenoxy) is 1. The molecule has 0 fully saturated rings. The van der Waals surface area contributed by atoms with Crippen molar-refractivity contribution in [1.82, 2.24) is 0 Å². The van der Waals surface area contributed by atoms with Gasteiger partial charge in [-0.1, -0.05) is 28.1 Å². The summed E-state index contributed by atoms with van der Waals surface area (Å²) in [7, 11) is 0. The lowest BCUT2D eigenvalue weighted by atomic mass is 10.1. The van der Waals surface area contributed by atoms with Crippen molar-refractivity contribution in [3.05, 3.63) is 34.3 Å². The molecule has 1 aromatic rings. The van der Waals surface area contributed by atoms with Gasteiger partial charge in [-0.25, -0.2) is 0 Å². The molecule has 1 rings (SSSR count). The van der Waals surface area contributed by atoms with Gasteiger partial charge in [-0.05, 0) is 31.5 Å². The molecule has 3 heteroatoms. The Morgan fingerprint density at radius 2 is 2.21 bits per heavy atom. The second kappa shape index (κ2) is 5.15. The van der Waals surface area contributed by atoms with E-state index < -0.39 is 0 Å². The zero-order valence-corrected chi connectivity index (χ0v) is 9.87. The first kappa shape index (κ1) is 11.2. The molecule has 0 radical (unpaired) electrons. The van der Waals surface area contributed by atoms with Gasteiger partial charge in [0.2, 0.25) is 0 Å². The smallest absolute Gasteiger partial charge is 0.310 e. The van der Waals surface area contributed by atoms with Crippen LogP contribution in [-0.2, 0) is 16.0 Å². The molecule has 0 atom stereocenters. The average molecular weight is 257 g/mol. The van der Waals surface area contributed by atoms with E-state index in [1.54, 1.807) is 0 Å². The molecule has 0 saturated carbocycles. The van der Waals surface area contributed by atoms with Gasteiger partial charge in [-0.15, -0.1) is 0 Å². The number of esters is 1. The maximum absolute atomic E-state index is 11.3. The Morgan fingerprint density at radius 3 is 2.79 bits per heavy atom. The molecule has 0 bridgehead atoms. The van der Waals surface area contributed by atoms with Crippen molar-refractivity contribution >= 4 is 21.9 Å². The molecule has 0 unspecified atom stereocenters. The Labute approximate surface area is 92.4 Å². The molecule has 0 spiro atoms. The van der Waals surface area contributed by atoms with Crippen molar-refractivity contribution in [3.63, 3.8) is 0 Å². The molecule has 2 nitrogen and oxygen atoms in total. The van der Waals surface area contributed by atoms with Crippen molar-refractivity contribution in [2.24, 2.45) is 0 Å². The summed E-state index contributed by atoms with van der Waals surface area (Å²) in [5.74, 6) is -0.182. The Kier molecular flexibility index (Phi) is 4.14. The summed E-state index contributed by atoms with van der Waals surface area (Å²) in [6.45, 7) is 3.69. The highest BCUT2D eigenvalue weighted by Crippen LogP contribution is 2.12.